The molecule has 1 fully saturated rings. The lowest BCUT2D eigenvalue weighted by atomic mass is 10.1. The average molecular weight is 223 g/mol. The lowest BCUT2D eigenvalue weighted by Gasteiger charge is -2.07. The van der Waals surface area contributed by atoms with E-state index in [1.54, 1.807) is 6.20 Å². The summed E-state index contributed by atoms with van der Waals surface area (Å²) in [6.07, 6.45) is 2.95. The second kappa shape index (κ2) is 4.77. The highest BCUT2D eigenvalue weighted by atomic mass is 32.2. The first-order valence-electron chi connectivity index (χ1n) is 5.03. The minimum absolute atomic E-state index is 0.214. The van der Waals surface area contributed by atoms with Crippen molar-refractivity contribution in [2.24, 2.45) is 5.92 Å². The fourth-order valence-corrected chi connectivity index (χ4v) is 2.29. The molecule has 0 N–H and O–H groups in total. The highest BCUT2D eigenvalue weighted by Crippen LogP contribution is 2.29. The van der Waals surface area contributed by atoms with Gasteiger partial charge < -0.3 is 0 Å². The average Bonchev–Trinajstić information content (AvgIpc) is 2.56. The van der Waals surface area contributed by atoms with Crippen molar-refractivity contribution in [3.63, 3.8) is 0 Å². The van der Waals surface area contributed by atoms with Crippen molar-refractivity contribution in [1.29, 1.82) is 0 Å². The number of hydrogen-bond donors (Lipinski definition) is 0. The molecule has 2 unspecified atom stereocenters. The van der Waals surface area contributed by atoms with E-state index in [-0.39, 0.29) is 11.9 Å². The van der Waals surface area contributed by atoms with Crippen LogP contribution >= 0.6 is 12.0 Å². The van der Waals surface area contributed by atoms with E-state index >= 15 is 0 Å². The Morgan fingerprint density at radius 3 is 3.00 bits per heavy atom. The molecule has 1 aromatic heterocycles. The van der Waals surface area contributed by atoms with Gasteiger partial charge in [-0.2, -0.15) is 0 Å². The summed E-state index contributed by atoms with van der Waals surface area (Å²) >= 11 is 1.19. The first-order valence-corrected chi connectivity index (χ1v) is 5.77. The van der Waals surface area contributed by atoms with E-state index in [1.165, 1.54) is 12.0 Å². The Morgan fingerprint density at radius 2 is 2.40 bits per heavy atom. The van der Waals surface area contributed by atoms with Crippen LogP contribution in [0.2, 0.25) is 0 Å². The first-order chi connectivity index (χ1) is 7.25. The number of carbonyl (C=O) groups is 1. The van der Waals surface area contributed by atoms with Crippen LogP contribution < -0.4 is 0 Å². The minimum atomic E-state index is -0.244. The van der Waals surface area contributed by atoms with Crippen molar-refractivity contribution in [3.8, 4) is 0 Å². The first kappa shape index (κ1) is 10.6. The van der Waals surface area contributed by atoms with Crippen molar-refractivity contribution in [2.75, 3.05) is 0 Å². The molecule has 0 bridgehead atoms. The largest absolute Gasteiger partial charge is 0.298 e. The number of carbonyl (C=O) groups excluding carboxylic acids is 1. The van der Waals surface area contributed by atoms with Crippen molar-refractivity contribution >= 4 is 17.8 Å². The highest BCUT2D eigenvalue weighted by Gasteiger charge is 2.31. The van der Waals surface area contributed by atoms with Crippen LogP contribution in [0.4, 0.5) is 0 Å². The molecule has 1 aliphatic rings. The fraction of sp³-hybridized carbons (Fsp3) is 0.455. The van der Waals surface area contributed by atoms with Crippen LogP contribution in [-0.2, 0) is 8.98 Å². The highest BCUT2D eigenvalue weighted by molar-refractivity contribution is 7.94. The smallest absolute Gasteiger partial charge is 0.163 e. The predicted molar refractivity (Wildman–Crippen MR) is 58.4 cm³/mol. The molecule has 80 valence electrons. The summed E-state index contributed by atoms with van der Waals surface area (Å²) in [7, 11) is 0. The van der Waals surface area contributed by atoms with Crippen LogP contribution in [0.15, 0.2) is 29.4 Å². The minimum Gasteiger partial charge on any atom is -0.298 e. The third-order valence-corrected chi connectivity index (χ3v) is 3.15. The Kier molecular flexibility index (Phi) is 3.38. The maximum atomic E-state index is 11.4. The summed E-state index contributed by atoms with van der Waals surface area (Å²) < 4.78 is 5.48. The molecule has 0 aliphatic heterocycles. The molecule has 0 amide bonds. The van der Waals surface area contributed by atoms with Crippen LogP contribution in [0, 0.1) is 5.92 Å². The van der Waals surface area contributed by atoms with E-state index in [0.29, 0.717) is 12.3 Å². The lowest BCUT2D eigenvalue weighted by molar-refractivity contribution is -0.122. The summed E-state index contributed by atoms with van der Waals surface area (Å²) in [6.45, 7) is 2.08. The van der Waals surface area contributed by atoms with Crippen LogP contribution in [0.5, 0.6) is 0 Å². The van der Waals surface area contributed by atoms with E-state index in [4.69, 9.17) is 4.18 Å². The van der Waals surface area contributed by atoms with Gasteiger partial charge in [0.05, 0.1) is 0 Å². The second-order valence-corrected chi connectivity index (χ2v) is 4.62. The van der Waals surface area contributed by atoms with Gasteiger partial charge in [-0.05, 0) is 24.5 Å². The third kappa shape index (κ3) is 2.79. The van der Waals surface area contributed by atoms with Crippen molar-refractivity contribution in [1.82, 2.24) is 4.98 Å². The Morgan fingerprint density at radius 1 is 1.53 bits per heavy atom. The van der Waals surface area contributed by atoms with Gasteiger partial charge >= 0.3 is 0 Å². The zero-order valence-electron chi connectivity index (χ0n) is 8.55. The normalized spacial score (nSPS) is 25.8. The number of rotatable bonds is 3. The number of Topliss-reactive ketones (excluding diaryl/α,β-unsaturated/α-hetero) is 1. The van der Waals surface area contributed by atoms with Gasteiger partial charge in [0, 0.05) is 24.7 Å². The Bertz CT molecular complexity index is 342. The Hall–Kier alpha value is -0.870. The molecule has 1 aliphatic carbocycles. The Labute approximate surface area is 93.4 Å². The van der Waals surface area contributed by atoms with Gasteiger partial charge in [0.1, 0.15) is 11.1 Å². The molecule has 0 spiro atoms. The van der Waals surface area contributed by atoms with Crippen molar-refractivity contribution < 1.29 is 8.98 Å². The Balaban J connectivity index is 1.86. The predicted octanol–water partition coefficient (Wildman–Crippen LogP) is 2.47. The molecular formula is C11H13NO2S. The second-order valence-electron chi connectivity index (χ2n) is 3.85. The van der Waals surface area contributed by atoms with Crippen molar-refractivity contribution in [2.45, 2.75) is 30.9 Å². The molecule has 1 aromatic rings. The number of pyridine rings is 1. The molecule has 0 saturated heterocycles. The van der Waals surface area contributed by atoms with Crippen LogP contribution in [0.3, 0.4) is 0 Å². The monoisotopic (exact) mass is 223 g/mol. The lowest BCUT2D eigenvalue weighted by Crippen LogP contribution is -2.13. The maximum Gasteiger partial charge on any atom is 0.163 e. The van der Waals surface area contributed by atoms with Gasteiger partial charge in [-0.25, -0.2) is 4.98 Å². The zero-order chi connectivity index (χ0) is 10.7. The molecule has 0 radical (unpaired) electrons. The van der Waals surface area contributed by atoms with Gasteiger partial charge in [0.25, 0.3) is 0 Å². The topological polar surface area (TPSA) is 39.2 Å². The molecule has 15 heavy (non-hydrogen) atoms. The number of hydrogen-bond acceptors (Lipinski definition) is 4. The van der Waals surface area contributed by atoms with E-state index in [9.17, 15) is 4.79 Å². The quantitative estimate of drug-likeness (QED) is 0.738. The van der Waals surface area contributed by atoms with E-state index in [1.807, 2.05) is 18.2 Å². The molecule has 4 heteroatoms. The number of ketones is 1. The van der Waals surface area contributed by atoms with Gasteiger partial charge in [0.15, 0.2) is 5.78 Å². The summed E-state index contributed by atoms with van der Waals surface area (Å²) in [4.78, 5) is 15.6. The van der Waals surface area contributed by atoms with Gasteiger partial charge in [0.2, 0.25) is 0 Å². The van der Waals surface area contributed by atoms with Crippen LogP contribution in [0.1, 0.15) is 19.8 Å². The molecule has 2 rings (SSSR count). The molecule has 2 atom stereocenters. The SMILES string of the molecule is CC1CC(=O)C(OSc2ccccn2)C1. The summed E-state index contributed by atoms with van der Waals surface area (Å²) in [5.74, 6) is 0.665. The van der Waals surface area contributed by atoms with Crippen LogP contribution in [-0.4, -0.2) is 16.9 Å². The van der Waals surface area contributed by atoms with Gasteiger partial charge in [-0.15, -0.1) is 0 Å². The number of aromatic nitrogens is 1. The summed E-state index contributed by atoms with van der Waals surface area (Å²) in [5, 5.41) is 0.796. The van der Waals surface area contributed by atoms with Gasteiger partial charge in [-0.3, -0.25) is 8.98 Å². The number of nitrogens with zero attached hydrogens (tertiary/aromatic N) is 1. The maximum absolute atomic E-state index is 11.4. The molecule has 1 saturated carbocycles. The van der Waals surface area contributed by atoms with E-state index in [2.05, 4.69) is 11.9 Å². The third-order valence-electron chi connectivity index (χ3n) is 2.41. The van der Waals surface area contributed by atoms with Crippen LogP contribution in [0.25, 0.3) is 0 Å². The van der Waals surface area contributed by atoms with Crippen molar-refractivity contribution in [3.05, 3.63) is 24.4 Å². The molecule has 3 nitrogen and oxygen atoms in total. The molecule has 0 aromatic carbocycles. The molecule has 1 heterocycles. The van der Waals surface area contributed by atoms with E-state index in [0.717, 1.165) is 11.4 Å². The zero-order valence-corrected chi connectivity index (χ0v) is 9.37. The fourth-order valence-electron chi connectivity index (χ4n) is 1.65. The van der Waals surface area contributed by atoms with Gasteiger partial charge in [-0.1, -0.05) is 13.0 Å². The summed E-state index contributed by atoms with van der Waals surface area (Å²) in [5.41, 5.74) is 0. The molecular weight excluding hydrogens is 210 g/mol. The summed E-state index contributed by atoms with van der Waals surface area (Å²) in [6, 6.07) is 5.62. The van der Waals surface area contributed by atoms with E-state index < -0.39 is 0 Å². The standard InChI is InChI=1S/C11H13NO2S/c1-8-6-9(13)10(7-8)14-15-11-4-2-3-5-12-11/h2-5,8,10H,6-7H2,1H3.